The minimum absolute atomic E-state index is 0.310. The van der Waals surface area contributed by atoms with Crippen molar-refractivity contribution in [3.63, 3.8) is 0 Å². The Morgan fingerprint density at radius 3 is 2.37 bits per heavy atom. The fourth-order valence-corrected chi connectivity index (χ4v) is 2.76. The van der Waals surface area contributed by atoms with Gasteiger partial charge in [-0.3, -0.25) is 4.79 Å². The van der Waals surface area contributed by atoms with Gasteiger partial charge < -0.3 is 14.8 Å². The van der Waals surface area contributed by atoms with E-state index in [2.05, 4.69) is 5.32 Å². The molecular weight excluding hydrogens is 373 g/mol. The molecule has 1 amide bonds. The monoisotopic (exact) mass is 393 g/mol. The van der Waals surface area contributed by atoms with E-state index < -0.39 is 29.9 Å². The molecule has 144 valence electrons. The summed E-state index contributed by atoms with van der Waals surface area (Å²) in [5.41, 5.74) is 0.904. The molecule has 2 aromatic rings. The lowest BCUT2D eigenvalue weighted by atomic mass is 10.1. The van der Waals surface area contributed by atoms with E-state index >= 15 is 0 Å². The summed E-state index contributed by atoms with van der Waals surface area (Å²) in [6.07, 6.45) is 0. The number of esters is 1. The SMILES string of the molecule is Cc1cc(C)c(NC(=O)COC(=O)C(C)(C)Oc2ccc(F)cc2)c(Cl)c1. The quantitative estimate of drug-likeness (QED) is 0.737. The van der Waals surface area contributed by atoms with E-state index in [9.17, 15) is 14.0 Å². The Morgan fingerprint density at radius 2 is 1.78 bits per heavy atom. The van der Waals surface area contributed by atoms with Crippen LogP contribution >= 0.6 is 11.6 Å². The lowest BCUT2D eigenvalue weighted by Crippen LogP contribution is -2.41. The van der Waals surface area contributed by atoms with Crippen molar-refractivity contribution >= 4 is 29.2 Å². The normalized spacial score (nSPS) is 11.0. The Kier molecular flexibility index (Phi) is 6.44. The van der Waals surface area contributed by atoms with Gasteiger partial charge in [0.05, 0.1) is 10.7 Å². The van der Waals surface area contributed by atoms with Gasteiger partial charge in [0.25, 0.3) is 5.91 Å². The van der Waals surface area contributed by atoms with E-state index in [1.807, 2.05) is 19.9 Å². The first kappa shape index (κ1) is 20.7. The van der Waals surface area contributed by atoms with Crippen LogP contribution in [0.25, 0.3) is 0 Å². The first-order valence-electron chi connectivity index (χ1n) is 8.27. The van der Waals surface area contributed by atoms with Crippen LogP contribution < -0.4 is 10.1 Å². The van der Waals surface area contributed by atoms with Crippen molar-refractivity contribution in [2.24, 2.45) is 0 Å². The minimum atomic E-state index is -1.35. The van der Waals surface area contributed by atoms with Gasteiger partial charge in [-0.25, -0.2) is 9.18 Å². The second-order valence-electron chi connectivity index (χ2n) is 6.63. The van der Waals surface area contributed by atoms with E-state index in [4.69, 9.17) is 21.1 Å². The summed E-state index contributed by atoms with van der Waals surface area (Å²) in [5.74, 6) is -1.35. The van der Waals surface area contributed by atoms with Crippen molar-refractivity contribution in [3.05, 3.63) is 58.4 Å². The maximum Gasteiger partial charge on any atom is 0.350 e. The second kappa shape index (κ2) is 8.39. The number of halogens is 2. The van der Waals surface area contributed by atoms with Gasteiger partial charge in [0.2, 0.25) is 0 Å². The number of carbonyl (C=O) groups excluding carboxylic acids is 2. The number of nitrogens with one attached hydrogen (secondary N) is 1. The second-order valence-corrected chi connectivity index (χ2v) is 7.04. The Morgan fingerprint density at radius 1 is 1.15 bits per heavy atom. The predicted octanol–water partition coefficient (Wildman–Crippen LogP) is 4.44. The number of carbonyl (C=O) groups is 2. The van der Waals surface area contributed by atoms with Gasteiger partial charge in [0.15, 0.2) is 12.2 Å². The smallest absolute Gasteiger partial charge is 0.350 e. The van der Waals surface area contributed by atoms with Gasteiger partial charge in [-0.2, -0.15) is 0 Å². The van der Waals surface area contributed by atoms with Gasteiger partial charge in [0.1, 0.15) is 11.6 Å². The van der Waals surface area contributed by atoms with Crippen LogP contribution in [0.5, 0.6) is 5.75 Å². The first-order chi connectivity index (χ1) is 12.6. The molecule has 0 aliphatic rings. The van der Waals surface area contributed by atoms with Gasteiger partial charge in [-0.15, -0.1) is 0 Å². The Labute approximate surface area is 162 Å². The summed E-state index contributed by atoms with van der Waals surface area (Å²) < 4.78 is 23.5. The number of rotatable bonds is 6. The number of ether oxygens (including phenoxy) is 2. The van der Waals surface area contributed by atoms with Crippen LogP contribution in [0, 0.1) is 19.7 Å². The van der Waals surface area contributed by atoms with Crippen molar-refractivity contribution in [1.82, 2.24) is 0 Å². The zero-order valence-corrected chi connectivity index (χ0v) is 16.3. The predicted molar refractivity (Wildman–Crippen MR) is 102 cm³/mol. The molecule has 2 aromatic carbocycles. The van der Waals surface area contributed by atoms with Crippen LogP contribution in [0.3, 0.4) is 0 Å². The van der Waals surface area contributed by atoms with E-state index in [-0.39, 0.29) is 0 Å². The van der Waals surface area contributed by atoms with Crippen molar-refractivity contribution in [2.45, 2.75) is 33.3 Å². The number of hydrogen-bond donors (Lipinski definition) is 1. The first-order valence-corrected chi connectivity index (χ1v) is 8.64. The van der Waals surface area contributed by atoms with E-state index in [0.717, 1.165) is 11.1 Å². The van der Waals surface area contributed by atoms with Gasteiger partial charge in [-0.05, 0) is 69.2 Å². The molecular formula is C20H21ClFNO4. The van der Waals surface area contributed by atoms with Crippen molar-refractivity contribution in [1.29, 1.82) is 0 Å². The molecule has 5 nitrogen and oxygen atoms in total. The van der Waals surface area contributed by atoms with Gasteiger partial charge in [0, 0.05) is 0 Å². The van der Waals surface area contributed by atoms with Crippen molar-refractivity contribution in [2.75, 3.05) is 11.9 Å². The molecule has 0 atom stereocenters. The molecule has 0 spiro atoms. The molecule has 1 N–H and O–H groups in total. The fourth-order valence-electron chi connectivity index (χ4n) is 2.39. The molecule has 0 heterocycles. The maximum absolute atomic E-state index is 12.9. The molecule has 0 aliphatic carbocycles. The van der Waals surface area contributed by atoms with Gasteiger partial charge >= 0.3 is 5.97 Å². The highest BCUT2D eigenvalue weighted by molar-refractivity contribution is 6.34. The third-order valence-electron chi connectivity index (χ3n) is 3.71. The molecule has 0 unspecified atom stereocenters. The number of benzene rings is 2. The number of aryl methyl sites for hydroxylation is 2. The van der Waals surface area contributed by atoms with Crippen LogP contribution in [0.1, 0.15) is 25.0 Å². The molecule has 0 bridgehead atoms. The third-order valence-corrected chi connectivity index (χ3v) is 4.01. The highest BCUT2D eigenvalue weighted by atomic mass is 35.5. The average molecular weight is 394 g/mol. The zero-order chi connectivity index (χ0) is 20.2. The Balaban J connectivity index is 1.94. The van der Waals surface area contributed by atoms with Crippen LogP contribution in [0.2, 0.25) is 5.02 Å². The van der Waals surface area contributed by atoms with Crippen LogP contribution in [-0.4, -0.2) is 24.1 Å². The molecule has 27 heavy (non-hydrogen) atoms. The van der Waals surface area contributed by atoms with E-state index in [1.165, 1.54) is 38.1 Å². The minimum Gasteiger partial charge on any atom is -0.476 e. The Bertz CT molecular complexity index is 827. The molecule has 0 fully saturated rings. The summed E-state index contributed by atoms with van der Waals surface area (Å²) in [5, 5.41) is 3.05. The molecule has 0 aromatic heterocycles. The van der Waals surface area contributed by atoms with Crippen LogP contribution in [0.4, 0.5) is 10.1 Å². The summed E-state index contributed by atoms with van der Waals surface area (Å²) in [6.45, 7) is 6.23. The maximum atomic E-state index is 12.9. The highest BCUT2D eigenvalue weighted by Gasteiger charge is 2.32. The zero-order valence-electron chi connectivity index (χ0n) is 15.6. The summed E-state index contributed by atoms with van der Waals surface area (Å²) in [4.78, 5) is 24.3. The summed E-state index contributed by atoms with van der Waals surface area (Å²) >= 11 is 6.15. The molecule has 0 radical (unpaired) electrons. The number of anilines is 1. The fraction of sp³-hybridized carbons (Fsp3) is 0.300. The topological polar surface area (TPSA) is 64.6 Å². The van der Waals surface area contributed by atoms with E-state index in [1.54, 1.807) is 6.07 Å². The summed E-state index contributed by atoms with van der Waals surface area (Å²) in [6, 6.07) is 8.86. The largest absolute Gasteiger partial charge is 0.476 e. The molecule has 0 saturated carbocycles. The average Bonchev–Trinajstić information content (AvgIpc) is 2.57. The van der Waals surface area contributed by atoms with Crippen LogP contribution in [-0.2, 0) is 14.3 Å². The van der Waals surface area contributed by atoms with Crippen molar-refractivity contribution in [3.8, 4) is 5.75 Å². The molecule has 7 heteroatoms. The third kappa shape index (κ3) is 5.69. The molecule has 2 rings (SSSR count). The van der Waals surface area contributed by atoms with Gasteiger partial charge in [-0.1, -0.05) is 17.7 Å². The Hall–Kier alpha value is -2.60. The molecule has 0 saturated heterocycles. The number of hydrogen-bond acceptors (Lipinski definition) is 4. The number of amides is 1. The van der Waals surface area contributed by atoms with Crippen molar-refractivity contribution < 1.29 is 23.5 Å². The standard InChI is InChI=1S/C20H21ClFNO4/c1-12-9-13(2)18(16(21)10-12)23-17(24)11-26-19(25)20(3,4)27-15-7-5-14(22)6-8-15/h5-10H,11H2,1-4H3,(H,23,24). The van der Waals surface area contributed by atoms with E-state index in [0.29, 0.717) is 16.5 Å². The lowest BCUT2D eigenvalue weighted by molar-refractivity contribution is -0.161. The lowest BCUT2D eigenvalue weighted by Gasteiger charge is -2.24. The summed E-state index contributed by atoms with van der Waals surface area (Å²) in [7, 11) is 0. The van der Waals surface area contributed by atoms with Crippen LogP contribution in [0.15, 0.2) is 36.4 Å². The molecule has 0 aliphatic heterocycles. The highest BCUT2D eigenvalue weighted by Crippen LogP contribution is 2.27.